The quantitative estimate of drug-likeness (QED) is 0.549. The number of fused-ring (bicyclic) bond motifs is 1. The zero-order valence-corrected chi connectivity index (χ0v) is 15.7. The van der Waals surface area contributed by atoms with E-state index in [-0.39, 0.29) is 5.91 Å². The molecule has 5 nitrogen and oxygen atoms in total. The van der Waals surface area contributed by atoms with Crippen LogP contribution >= 0.6 is 0 Å². The van der Waals surface area contributed by atoms with E-state index in [9.17, 15) is 4.79 Å². The number of pyridine rings is 1. The fourth-order valence-electron chi connectivity index (χ4n) is 3.13. The van der Waals surface area contributed by atoms with E-state index in [0.717, 1.165) is 33.5 Å². The van der Waals surface area contributed by atoms with Crippen LogP contribution in [0.1, 0.15) is 21.7 Å². The van der Waals surface area contributed by atoms with E-state index >= 15 is 0 Å². The summed E-state index contributed by atoms with van der Waals surface area (Å²) in [6.07, 6.45) is 1.59. The highest BCUT2D eigenvalue weighted by Crippen LogP contribution is 2.28. The largest absolute Gasteiger partial charge is 0.497 e. The molecule has 0 unspecified atom stereocenters. The maximum atomic E-state index is 13.0. The Bertz CT molecular complexity index is 1130. The monoisotopic (exact) mass is 372 g/mol. The van der Waals surface area contributed by atoms with Gasteiger partial charge in [0.1, 0.15) is 11.5 Å². The third-order valence-electron chi connectivity index (χ3n) is 4.58. The lowest BCUT2D eigenvalue weighted by Gasteiger charge is -2.11. The van der Waals surface area contributed by atoms with Gasteiger partial charge in [0, 0.05) is 10.9 Å². The smallest absolute Gasteiger partial charge is 0.252 e. The van der Waals surface area contributed by atoms with Gasteiger partial charge in [-0.05, 0) is 49.4 Å². The lowest BCUT2D eigenvalue weighted by molar-refractivity contribution is 0.0949. The van der Waals surface area contributed by atoms with Gasteiger partial charge in [0.05, 0.1) is 36.7 Å². The number of aromatic nitrogens is 1. The molecule has 0 spiro atoms. The van der Waals surface area contributed by atoms with Crippen LogP contribution in [0.5, 0.6) is 5.75 Å². The molecule has 0 aliphatic carbocycles. The van der Waals surface area contributed by atoms with Crippen LogP contribution in [0.3, 0.4) is 0 Å². The Hall–Kier alpha value is -3.60. The molecular weight excluding hydrogens is 352 g/mol. The van der Waals surface area contributed by atoms with Crippen LogP contribution in [-0.2, 0) is 6.54 Å². The number of aryl methyl sites for hydroxylation is 1. The highest BCUT2D eigenvalue weighted by atomic mass is 16.5. The molecule has 2 aromatic heterocycles. The average Bonchev–Trinajstić information content (AvgIpc) is 3.25. The minimum Gasteiger partial charge on any atom is -0.497 e. The standard InChI is InChI=1S/C23H20N2O3/c1-15-8-9-21-19(11-15)20(23(26)24-14-18-7-4-10-28-18)13-22(25-21)16-5-3-6-17(12-16)27-2/h3-13H,14H2,1-2H3,(H,24,26). The average molecular weight is 372 g/mol. The predicted molar refractivity (Wildman–Crippen MR) is 108 cm³/mol. The van der Waals surface area contributed by atoms with Crippen molar-refractivity contribution in [1.29, 1.82) is 0 Å². The van der Waals surface area contributed by atoms with Crippen molar-refractivity contribution in [2.24, 2.45) is 0 Å². The van der Waals surface area contributed by atoms with Crippen molar-refractivity contribution in [3.63, 3.8) is 0 Å². The van der Waals surface area contributed by atoms with Crippen LogP contribution < -0.4 is 10.1 Å². The normalized spacial score (nSPS) is 10.8. The van der Waals surface area contributed by atoms with Crippen molar-refractivity contribution in [1.82, 2.24) is 10.3 Å². The molecule has 0 saturated carbocycles. The van der Waals surface area contributed by atoms with E-state index in [4.69, 9.17) is 14.1 Å². The zero-order chi connectivity index (χ0) is 19.5. The van der Waals surface area contributed by atoms with Crippen LogP contribution in [0.15, 0.2) is 71.3 Å². The molecule has 0 saturated heterocycles. The molecular formula is C23H20N2O3. The Morgan fingerprint density at radius 1 is 1.11 bits per heavy atom. The van der Waals surface area contributed by atoms with E-state index in [2.05, 4.69) is 5.32 Å². The van der Waals surface area contributed by atoms with E-state index in [1.165, 1.54) is 0 Å². The number of hydrogen-bond donors (Lipinski definition) is 1. The first-order valence-electron chi connectivity index (χ1n) is 9.00. The SMILES string of the molecule is COc1cccc(-c2cc(C(=O)NCc3ccco3)c3cc(C)ccc3n2)c1. The summed E-state index contributed by atoms with van der Waals surface area (Å²) < 4.78 is 10.6. The lowest BCUT2D eigenvalue weighted by atomic mass is 10.0. The molecule has 28 heavy (non-hydrogen) atoms. The minimum absolute atomic E-state index is 0.168. The topological polar surface area (TPSA) is 64.4 Å². The Morgan fingerprint density at radius 3 is 2.79 bits per heavy atom. The fourth-order valence-corrected chi connectivity index (χ4v) is 3.13. The summed E-state index contributed by atoms with van der Waals surface area (Å²) in [6, 6.07) is 19.0. The second-order valence-electron chi connectivity index (χ2n) is 6.57. The molecule has 0 bridgehead atoms. The van der Waals surface area contributed by atoms with Gasteiger partial charge in [-0.1, -0.05) is 23.8 Å². The van der Waals surface area contributed by atoms with Gasteiger partial charge in [0.15, 0.2) is 0 Å². The van der Waals surface area contributed by atoms with Crippen molar-refractivity contribution in [3.8, 4) is 17.0 Å². The molecule has 2 aromatic carbocycles. The fraction of sp³-hybridized carbons (Fsp3) is 0.130. The van der Waals surface area contributed by atoms with E-state index in [1.54, 1.807) is 19.4 Å². The number of benzene rings is 2. The second-order valence-corrected chi connectivity index (χ2v) is 6.57. The third kappa shape index (κ3) is 3.60. The molecule has 0 aliphatic rings. The molecule has 2 heterocycles. The number of amides is 1. The zero-order valence-electron chi connectivity index (χ0n) is 15.7. The Balaban J connectivity index is 1.78. The van der Waals surface area contributed by atoms with Gasteiger partial charge in [-0.2, -0.15) is 0 Å². The molecule has 0 aliphatic heterocycles. The Labute approximate surface area is 163 Å². The summed E-state index contributed by atoms with van der Waals surface area (Å²) in [7, 11) is 1.63. The van der Waals surface area contributed by atoms with Gasteiger partial charge < -0.3 is 14.5 Å². The van der Waals surface area contributed by atoms with Gasteiger partial charge in [0.2, 0.25) is 0 Å². The number of rotatable bonds is 5. The van der Waals surface area contributed by atoms with Gasteiger partial charge in [0.25, 0.3) is 5.91 Å². The lowest BCUT2D eigenvalue weighted by Crippen LogP contribution is -2.23. The third-order valence-corrected chi connectivity index (χ3v) is 4.58. The molecule has 140 valence electrons. The number of ether oxygens (including phenoxy) is 1. The Kier molecular flexibility index (Phi) is 4.81. The van der Waals surface area contributed by atoms with Gasteiger partial charge in [-0.15, -0.1) is 0 Å². The van der Waals surface area contributed by atoms with Crippen LogP contribution in [0.25, 0.3) is 22.2 Å². The molecule has 0 fully saturated rings. The van der Waals surface area contributed by atoms with Crippen molar-refractivity contribution in [2.45, 2.75) is 13.5 Å². The number of methoxy groups -OCH3 is 1. The number of carbonyl (C=O) groups excluding carboxylic acids is 1. The van der Waals surface area contributed by atoms with Crippen LogP contribution in [-0.4, -0.2) is 18.0 Å². The summed E-state index contributed by atoms with van der Waals surface area (Å²) in [5, 5.41) is 3.75. The highest BCUT2D eigenvalue weighted by molar-refractivity contribution is 6.07. The molecule has 1 N–H and O–H groups in total. The second kappa shape index (κ2) is 7.56. The van der Waals surface area contributed by atoms with Crippen molar-refractivity contribution in [3.05, 3.63) is 83.8 Å². The molecule has 4 aromatic rings. The molecule has 4 rings (SSSR count). The number of furan rings is 1. The van der Waals surface area contributed by atoms with E-state index in [0.29, 0.717) is 17.9 Å². The van der Waals surface area contributed by atoms with Crippen LogP contribution in [0.4, 0.5) is 0 Å². The number of nitrogens with zero attached hydrogens (tertiary/aromatic N) is 1. The minimum atomic E-state index is -0.168. The number of nitrogens with one attached hydrogen (secondary N) is 1. The first-order valence-corrected chi connectivity index (χ1v) is 9.00. The molecule has 0 atom stereocenters. The van der Waals surface area contributed by atoms with E-state index in [1.807, 2.05) is 61.5 Å². The van der Waals surface area contributed by atoms with Gasteiger partial charge in [-0.25, -0.2) is 4.98 Å². The number of carbonyl (C=O) groups is 1. The summed E-state index contributed by atoms with van der Waals surface area (Å²) in [4.78, 5) is 17.7. The first-order chi connectivity index (χ1) is 13.6. The van der Waals surface area contributed by atoms with Crippen LogP contribution in [0, 0.1) is 6.92 Å². The summed E-state index contributed by atoms with van der Waals surface area (Å²) in [5.41, 5.74) is 4.04. The molecule has 5 heteroatoms. The van der Waals surface area contributed by atoms with Gasteiger partial charge in [-0.3, -0.25) is 4.79 Å². The molecule has 1 amide bonds. The van der Waals surface area contributed by atoms with E-state index < -0.39 is 0 Å². The maximum absolute atomic E-state index is 13.0. The summed E-state index contributed by atoms with van der Waals surface area (Å²) >= 11 is 0. The molecule has 0 radical (unpaired) electrons. The number of hydrogen-bond acceptors (Lipinski definition) is 4. The first kappa shape index (κ1) is 17.8. The summed E-state index contributed by atoms with van der Waals surface area (Å²) in [6.45, 7) is 2.33. The van der Waals surface area contributed by atoms with Crippen molar-refractivity contribution in [2.75, 3.05) is 7.11 Å². The predicted octanol–water partition coefficient (Wildman–Crippen LogP) is 4.74. The maximum Gasteiger partial charge on any atom is 0.252 e. The summed E-state index contributed by atoms with van der Waals surface area (Å²) in [5.74, 6) is 1.28. The van der Waals surface area contributed by atoms with Crippen LogP contribution in [0.2, 0.25) is 0 Å². The Morgan fingerprint density at radius 2 is 2.00 bits per heavy atom. The highest BCUT2D eigenvalue weighted by Gasteiger charge is 2.15. The van der Waals surface area contributed by atoms with Crippen molar-refractivity contribution >= 4 is 16.8 Å². The van der Waals surface area contributed by atoms with Gasteiger partial charge >= 0.3 is 0 Å². The van der Waals surface area contributed by atoms with Crippen molar-refractivity contribution < 1.29 is 13.9 Å².